The van der Waals surface area contributed by atoms with Crippen LogP contribution in [0.15, 0.2) is 18.3 Å². The van der Waals surface area contributed by atoms with Crippen molar-refractivity contribution in [3.63, 3.8) is 0 Å². The Hall–Kier alpha value is -2.43. The van der Waals surface area contributed by atoms with E-state index in [1.807, 2.05) is 11.7 Å². The number of nitrogens with two attached hydrogens (primary N) is 1. The van der Waals surface area contributed by atoms with Gasteiger partial charge in [0.15, 0.2) is 5.82 Å². The van der Waals surface area contributed by atoms with E-state index in [9.17, 15) is 0 Å². The minimum Gasteiger partial charge on any atom is -0.382 e. The first-order valence-electron chi connectivity index (χ1n) is 7.22. The zero-order valence-electron chi connectivity index (χ0n) is 12.2. The standard InChI is InChI=1S/C16H17N5/c1-9-11-5-3-4-10(11)6-7-12(9)14-15-13(8-18-21(15)2)16(17)20-19-14/h6-8H,3-5H2,1-2H3,(H2,17,20). The van der Waals surface area contributed by atoms with Crippen molar-refractivity contribution in [2.75, 3.05) is 5.73 Å². The molecule has 5 heteroatoms. The smallest absolute Gasteiger partial charge is 0.157 e. The van der Waals surface area contributed by atoms with E-state index in [1.54, 1.807) is 6.20 Å². The monoisotopic (exact) mass is 279 g/mol. The van der Waals surface area contributed by atoms with E-state index < -0.39 is 0 Å². The third-order valence-corrected chi connectivity index (χ3v) is 4.52. The van der Waals surface area contributed by atoms with Crippen molar-refractivity contribution in [1.82, 2.24) is 20.0 Å². The largest absolute Gasteiger partial charge is 0.382 e. The van der Waals surface area contributed by atoms with Crippen molar-refractivity contribution >= 4 is 16.7 Å². The van der Waals surface area contributed by atoms with Gasteiger partial charge in [-0.15, -0.1) is 10.2 Å². The van der Waals surface area contributed by atoms with Gasteiger partial charge in [-0.25, -0.2) is 0 Å². The molecular formula is C16H17N5. The van der Waals surface area contributed by atoms with Gasteiger partial charge in [0.1, 0.15) is 5.69 Å². The Bertz CT molecular complexity index is 863. The van der Waals surface area contributed by atoms with Crippen molar-refractivity contribution in [2.45, 2.75) is 26.2 Å². The molecule has 0 radical (unpaired) electrons. The normalized spacial score (nSPS) is 13.8. The average Bonchev–Trinajstić information content (AvgIpc) is 3.09. The Balaban J connectivity index is 2.04. The number of fused-ring (bicyclic) bond motifs is 2. The number of anilines is 1. The molecule has 0 atom stereocenters. The van der Waals surface area contributed by atoms with E-state index in [1.165, 1.54) is 29.5 Å². The first-order chi connectivity index (χ1) is 10.2. The second-order valence-electron chi connectivity index (χ2n) is 5.69. The van der Waals surface area contributed by atoms with E-state index in [0.717, 1.165) is 28.6 Å². The number of benzene rings is 1. The number of rotatable bonds is 1. The highest BCUT2D eigenvalue weighted by Gasteiger charge is 2.20. The molecule has 1 aliphatic rings. The van der Waals surface area contributed by atoms with Gasteiger partial charge < -0.3 is 5.73 Å². The quantitative estimate of drug-likeness (QED) is 0.742. The second kappa shape index (κ2) is 4.28. The lowest BCUT2D eigenvalue weighted by atomic mass is 9.96. The summed E-state index contributed by atoms with van der Waals surface area (Å²) in [5.41, 5.74) is 13.1. The second-order valence-corrected chi connectivity index (χ2v) is 5.69. The molecule has 21 heavy (non-hydrogen) atoms. The summed E-state index contributed by atoms with van der Waals surface area (Å²) in [5, 5.41) is 13.6. The third kappa shape index (κ3) is 1.67. The van der Waals surface area contributed by atoms with Crippen molar-refractivity contribution in [3.8, 4) is 11.3 Å². The summed E-state index contributed by atoms with van der Waals surface area (Å²) in [6.07, 6.45) is 5.34. The van der Waals surface area contributed by atoms with Crippen LogP contribution < -0.4 is 5.73 Å². The molecular weight excluding hydrogens is 262 g/mol. The highest BCUT2D eigenvalue weighted by Crippen LogP contribution is 2.35. The lowest BCUT2D eigenvalue weighted by molar-refractivity contribution is 0.795. The molecule has 2 N–H and O–H groups in total. The predicted octanol–water partition coefficient (Wildman–Crippen LogP) is 2.41. The van der Waals surface area contributed by atoms with Gasteiger partial charge in [0, 0.05) is 12.6 Å². The summed E-state index contributed by atoms with van der Waals surface area (Å²) in [6, 6.07) is 4.39. The summed E-state index contributed by atoms with van der Waals surface area (Å²) in [7, 11) is 1.91. The minimum atomic E-state index is 0.431. The van der Waals surface area contributed by atoms with Crippen LogP contribution in [0.25, 0.3) is 22.2 Å². The van der Waals surface area contributed by atoms with Gasteiger partial charge in [-0.2, -0.15) is 5.10 Å². The van der Waals surface area contributed by atoms with Gasteiger partial charge in [0.25, 0.3) is 0 Å². The Kier molecular flexibility index (Phi) is 2.51. The Morgan fingerprint density at radius 3 is 2.90 bits per heavy atom. The van der Waals surface area contributed by atoms with Gasteiger partial charge in [-0.05, 0) is 42.9 Å². The summed E-state index contributed by atoms with van der Waals surface area (Å²) in [6.45, 7) is 2.18. The van der Waals surface area contributed by atoms with E-state index in [0.29, 0.717) is 5.82 Å². The van der Waals surface area contributed by atoms with Crippen LogP contribution in [0.3, 0.4) is 0 Å². The lowest BCUT2D eigenvalue weighted by Gasteiger charge is -2.12. The number of nitrogens with zero attached hydrogens (tertiary/aromatic N) is 4. The summed E-state index contributed by atoms with van der Waals surface area (Å²) in [4.78, 5) is 0. The van der Waals surface area contributed by atoms with Gasteiger partial charge in [-0.3, -0.25) is 4.68 Å². The Morgan fingerprint density at radius 2 is 2.05 bits per heavy atom. The fourth-order valence-corrected chi connectivity index (χ4v) is 3.40. The Labute approximate surface area is 122 Å². The third-order valence-electron chi connectivity index (χ3n) is 4.52. The number of hydrogen-bond acceptors (Lipinski definition) is 4. The molecule has 2 aromatic heterocycles. The molecule has 0 saturated carbocycles. The van der Waals surface area contributed by atoms with Gasteiger partial charge in [-0.1, -0.05) is 12.1 Å². The van der Waals surface area contributed by atoms with E-state index >= 15 is 0 Å². The maximum atomic E-state index is 5.92. The van der Waals surface area contributed by atoms with Crippen molar-refractivity contribution in [2.24, 2.45) is 7.05 Å². The molecule has 0 saturated heterocycles. The van der Waals surface area contributed by atoms with E-state index in [2.05, 4.69) is 34.4 Å². The first-order valence-corrected chi connectivity index (χ1v) is 7.22. The molecule has 0 amide bonds. The molecule has 106 valence electrons. The lowest BCUT2D eigenvalue weighted by Crippen LogP contribution is -2.01. The molecule has 5 nitrogen and oxygen atoms in total. The molecule has 1 aromatic carbocycles. The van der Waals surface area contributed by atoms with Gasteiger partial charge >= 0.3 is 0 Å². The zero-order valence-corrected chi connectivity index (χ0v) is 12.2. The number of hydrogen-bond donors (Lipinski definition) is 1. The molecule has 2 heterocycles. The van der Waals surface area contributed by atoms with Crippen LogP contribution in [0.1, 0.15) is 23.1 Å². The van der Waals surface area contributed by atoms with Crippen LogP contribution >= 0.6 is 0 Å². The minimum absolute atomic E-state index is 0.431. The summed E-state index contributed by atoms with van der Waals surface area (Å²) >= 11 is 0. The summed E-state index contributed by atoms with van der Waals surface area (Å²) < 4.78 is 1.82. The zero-order chi connectivity index (χ0) is 14.6. The summed E-state index contributed by atoms with van der Waals surface area (Å²) in [5.74, 6) is 0.431. The van der Waals surface area contributed by atoms with Crippen LogP contribution in [0.2, 0.25) is 0 Å². The van der Waals surface area contributed by atoms with Crippen LogP contribution in [-0.2, 0) is 19.9 Å². The van der Waals surface area contributed by atoms with Gasteiger partial charge in [0.05, 0.1) is 17.1 Å². The predicted molar refractivity (Wildman–Crippen MR) is 82.9 cm³/mol. The van der Waals surface area contributed by atoms with E-state index in [-0.39, 0.29) is 0 Å². The number of aryl methyl sites for hydroxylation is 2. The van der Waals surface area contributed by atoms with Crippen LogP contribution in [-0.4, -0.2) is 20.0 Å². The molecule has 0 bridgehead atoms. The van der Waals surface area contributed by atoms with E-state index in [4.69, 9.17) is 5.73 Å². The first kappa shape index (κ1) is 12.3. The van der Waals surface area contributed by atoms with Crippen LogP contribution in [0.4, 0.5) is 5.82 Å². The van der Waals surface area contributed by atoms with Crippen molar-refractivity contribution < 1.29 is 0 Å². The molecule has 4 rings (SSSR count). The Morgan fingerprint density at radius 1 is 1.19 bits per heavy atom. The fraction of sp³-hybridized carbons (Fsp3) is 0.312. The molecule has 0 aliphatic heterocycles. The number of aromatic nitrogens is 4. The molecule has 1 aliphatic carbocycles. The molecule has 0 spiro atoms. The molecule has 3 aromatic rings. The number of nitrogen functional groups attached to an aromatic ring is 1. The average molecular weight is 279 g/mol. The van der Waals surface area contributed by atoms with Crippen LogP contribution in [0.5, 0.6) is 0 Å². The van der Waals surface area contributed by atoms with Crippen molar-refractivity contribution in [1.29, 1.82) is 0 Å². The van der Waals surface area contributed by atoms with Gasteiger partial charge in [0.2, 0.25) is 0 Å². The topological polar surface area (TPSA) is 69.6 Å². The SMILES string of the molecule is Cc1c(-c2nnc(N)c3cnn(C)c23)ccc2c1CCC2. The molecule has 0 unspecified atom stereocenters. The molecule has 0 fully saturated rings. The maximum Gasteiger partial charge on any atom is 0.157 e. The van der Waals surface area contributed by atoms with Crippen molar-refractivity contribution in [3.05, 3.63) is 35.0 Å². The van der Waals surface area contributed by atoms with Crippen LogP contribution in [0, 0.1) is 6.92 Å². The highest BCUT2D eigenvalue weighted by molar-refractivity contribution is 5.97. The fourth-order valence-electron chi connectivity index (χ4n) is 3.40. The highest BCUT2D eigenvalue weighted by atomic mass is 15.3. The maximum absolute atomic E-state index is 5.92.